The summed E-state index contributed by atoms with van der Waals surface area (Å²) in [5.41, 5.74) is 1.99. The van der Waals surface area contributed by atoms with Gasteiger partial charge in [-0.25, -0.2) is 4.63 Å². The molecule has 3 rings (SSSR count). The molecule has 0 saturated carbocycles. The highest BCUT2D eigenvalue weighted by Gasteiger charge is 2.15. The zero-order valence-electron chi connectivity index (χ0n) is 15.1. The largest absolute Gasteiger partial charge is 0.490 e. The number of hydrogen-bond donors (Lipinski definition) is 1. The van der Waals surface area contributed by atoms with Gasteiger partial charge in [-0.05, 0) is 65.3 Å². The van der Waals surface area contributed by atoms with Gasteiger partial charge in [-0.1, -0.05) is 24.3 Å². The first-order chi connectivity index (χ1) is 13.6. The molecule has 0 atom stereocenters. The summed E-state index contributed by atoms with van der Waals surface area (Å²) in [7, 11) is 0. The van der Waals surface area contributed by atoms with E-state index in [0.29, 0.717) is 28.8 Å². The van der Waals surface area contributed by atoms with Crippen LogP contribution in [0.1, 0.15) is 5.56 Å². The number of nitrogens with zero attached hydrogens (tertiary/aromatic N) is 2. The Hall–Kier alpha value is -3.32. The van der Waals surface area contributed by atoms with E-state index in [0.717, 1.165) is 11.1 Å². The number of anilines is 1. The lowest BCUT2D eigenvalue weighted by Crippen LogP contribution is -2.20. The summed E-state index contributed by atoms with van der Waals surface area (Å²) in [6.45, 7) is 5.68. The maximum absolute atomic E-state index is 12.2. The standard InChI is InChI=1S/C20H18ClN3O4/c1-3-10-26-15-6-4-14(5-7-15)19-20(24-28-23-19)22-18(25)12-27-16-8-9-17(21)13(2)11-16/h3-9,11H,1,10,12H2,2H3,(H,22,24,25). The number of rotatable bonds is 8. The Morgan fingerprint density at radius 3 is 2.64 bits per heavy atom. The van der Waals surface area contributed by atoms with Gasteiger partial charge < -0.3 is 14.8 Å². The van der Waals surface area contributed by atoms with E-state index in [1.54, 1.807) is 48.5 Å². The van der Waals surface area contributed by atoms with Gasteiger partial charge in [0.15, 0.2) is 12.3 Å². The molecule has 8 heteroatoms. The zero-order chi connectivity index (χ0) is 19.9. The summed E-state index contributed by atoms with van der Waals surface area (Å²) in [6, 6.07) is 12.3. The Bertz CT molecular complexity index is 970. The second kappa shape index (κ2) is 9.05. The Morgan fingerprint density at radius 2 is 1.93 bits per heavy atom. The number of carbonyl (C=O) groups excluding carboxylic acids is 1. The molecule has 0 unspecified atom stereocenters. The topological polar surface area (TPSA) is 86.5 Å². The van der Waals surface area contributed by atoms with Crippen LogP contribution >= 0.6 is 11.6 Å². The van der Waals surface area contributed by atoms with Crippen LogP contribution in [0, 0.1) is 6.92 Å². The number of carbonyl (C=O) groups is 1. The van der Waals surface area contributed by atoms with Crippen molar-refractivity contribution in [3.8, 4) is 22.8 Å². The Morgan fingerprint density at radius 1 is 1.18 bits per heavy atom. The van der Waals surface area contributed by atoms with Crippen LogP contribution < -0.4 is 14.8 Å². The average molecular weight is 400 g/mol. The minimum Gasteiger partial charge on any atom is -0.490 e. The number of aryl methyl sites for hydroxylation is 1. The Balaban J connectivity index is 1.62. The van der Waals surface area contributed by atoms with Crippen molar-refractivity contribution < 1.29 is 18.9 Å². The van der Waals surface area contributed by atoms with E-state index in [1.807, 2.05) is 6.92 Å². The maximum atomic E-state index is 12.2. The first-order valence-electron chi connectivity index (χ1n) is 8.42. The van der Waals surface area contributed by atoms with Crippen molar-refractivity contribution in [1.82, 2.24) is 10.3 Å². The molecule has 7 nitrogen and oxygen atoms in total. The van der Waals surface area contributed by atoms with Crippen LogP contribution in [0.3, 0.4) is 0 Å². The molecule has 1 amide bonds. The molecule has 0 bridgehead atoms. The fourth-order valence-corrected chi connectivity index (χ4v) is 2.47. The zero-order valence-corrected chi connectivity index (χ0v) is 15.9. The molecule has 1 aromatic heterocycles. The average Bonchev–Trinajstić information content (AvgIpc) is 3.15. The Kier molecular flexibility index (Phi) is 6.29. The first-order valence-corrected chi connectivity index (χ1v) is 8.80. The van der Waals surface area contributed by atoms with Gasteiger partial charge in [0, 0.05) is 10.6 Å². The van der Waals surface area contributed by atoms with Gasteiger partial charge >= 0.3 is 0 Å². The van der Waals surface area contributed by atoms with Crippen LogP contribution in [0.5, 0.6) is 11.5 Å². The van der Waals surface area contributed by atoms with Gasteiger partial charge in [0.05, 0.1) is 0 Å². The lowest BCUT2D eigenvalue weighted by atomic mass is 10.1. The van der Waals surface area contributed by atoms with Crippen LogP contribution in [0.2, 0.25) is 5.02 Å². The van der Waals surface area contributed by atoms with E-state index in [4.69, 9.17) is 25.7 Å². The molecule has 0 fully saturated rings. The third-order valence-electron chi connectivity index (χ3n) is 3.74. The predicted molar refractivity (Wildman–Crippen MR) is 106 cm³/mol. The van der Waals surface area contributed by atoms with Crippen molar-refractivity contribution in [2.45, 2.75) is 6.92 Å². The quantitative estimate of drug-likeness (QED) is 0.569. The predicted octanol–water partition coefficient (Wildman–Crippen LogP) is 4.28. The van der Waals surface area contributed by atoms with Gasteiger partial charge in [-0.2, -0.15) is 0 Å². The van der Waals surface area contributed by atoms with Crippen molar-refractivity contribution in [3.63, 3.8) is 0 Å². The normalized spacial score (nSPS) is 10.4. The summed E-state index contributed by atoms with van der Waals surface area (Å²) in [5.74, 6) is 1.05. The van der Waals surface area contributed by atoms with Crippen LogP contribution in [0.15, 0.2) is 59.7 Å². The first kappa shape index (κ1) is 19.4. The lowest BCUT2D eigenvalue weighted by Gasteiger charge is -2.08. The van der Waals surface area contributed by atoms with E-state index in [2.05, 4.69) is 22.2 Å². The van der Waals surface area contributed by atoms with E-state index in [9.17, 15) is 4.79 Å². The summed E-state index contributed by atoms with van der Waals surface area (Å²) < 4.78 is 15.7. The fourth-order valence-electron chi connectivity index (χ4n) is 2.35. The summed E-state index contributed by atoms with van der Waals surface area (Å²) in [4.78, 5) is 12.2. The third-order valence-corrected chi connectivity index (χ3v) is 4.17. The minimum absolute atomic E-state index is 0.193. The number of amides is 1. The van der Waals surface area contributed by atoms with Crippen molar-refractivity contribution in [1.29, 1.82) is 0 Å². The molecule has 2 aromatic carbocycles. The Labute approximate surface area is 166 Å². The van der Waals surface area contributed by atoms with Crippen molar-refractivity contribution in [3.05, 3.63) is 65.7 Å². The van der Waals surface area contributed by atoms with Gasteiger partial charge in [0.25, 0.3) is 5.91 Å². The summed E-state index contributed by atoms with van der Waals surface area (Å²) >= 11 is 5.98. The van der Waals surface area contributed by atoms with Crippen LogP contribution in [0.4, 0.5) is 5.82 Å². The van der Waals surface area contributed by atoms with Gasteiger partial charge in [-0.3, -0.25) is 4.79 Å². The molecule has 144 valence electrons. The molecule has 0 aliphatic carbocycles. The van der Waals surface area contributed by atoms with Crippen molar-refractivity contribution in [2.75, 3.05) is 18.5 Å². The molecule has 0 saturated heterocycles. The van der Waals surface area contributed by atoms with E-state index in [-0.39, 0.29) is 12.4 Å². The van der Waals surface area contributed by atoms with Gasteiger partial charge in [0.1, 0.15) is 18.1 Å². The number of nitrogens with one attached hydrogen (secondary N) is 1. The van der Waals surface area contributed by atoms with Crippen molar-refractivity contribution >= 4 is 23.3 Å². The van der Waals surface area contributed by atoms with Crippen molar-refractivity contribution in [2.24, 2.45) is 0 Å². The highest BCUT2D eigenvalue weighted by atomic mass is 35.5. The maximum Gasteiger partial charge on any atom is 0.263 e. The number of ether oxygens (including phenoxy) is 2. The van der Waals surface area contributed by atoms with Crippen LogP contribution in [-0.2, 0) is 4.79 Å². The highest BCUT2D eigenvalue weighted by molar-refractivity contribution is 6.31. The van der Waals surface area contributed by atoms with E-state index < -0.39 is 5.91 Å². The molecular weight excluding hydrogens is 382 g/mol. The molecule has 0 aliphatic heterocycles. The summed E-state index contributed by atoms with van der Waals surface area (Å²) in [5, 5.41) is 10.9. The number of aromatic nitrogens is 2. The molecule has 3 aromatic rings. The molecule has 0 spiro atoms. The molecule has 1 heterocycles. The molecular formula is C20H18ClN3O4. The van der Waals surface area contributed by atoms with E-state index >= 15 is 0 Å². The second-order valence-corrected chi connectivity index (χ2v) is 6.24. The van der Waals surface area contributed by atoms with Crippen LogP contribution in [-0.4, -0.2) is 29.4 Å². The van der Waals surface area contributed by atoms with Gasteiger partial charge in [-0.15, -0.1) is 0 Å². The third kappa shape index (κ3) is 4.89. The molecule has 28 heavy (non-hydrogen) atoms. The molecule has 1 N–H and O–H groups in total. The number of hydrogen-bond acceptors (Lipinski definition) is 6. The number of halogens is 1. The molecule has 0 aliphatic rings. The smallest absolute Gasteiger partial charge is 0.263 e. The number of benzene rings is 2. The monoisotopic (exact) mass is 399 g/mol. The summed E-state index contributed by atoms with van der Waals surface area (Å²) in [6.07, 6.45) is 1.66. The SMILES string of the molecule is C=CCOc1ccc(-c2nonc2NC(=O)COc2ccc(Cl)c(C)c2)cc1. The van der Waals surface area contributed by atoms with Crippen LogP contribution in [0.25, 0.3) is 11.3 Å². The minimum atomic E-state index is -0.393. The van der Waals surface area contributed by atoms with E-state index in [1.165, 1.54) is 0 Å². The fraction of sp³-hybridized carbons (Fsp3) is 0.150. The highest BCUT2D eigenvalue weighted by Crippen LogP contribution is 2.26. The van der Waals surface area contributed by atoms with Gasteiger partial charge in [0.2, 0.25) is 5.82 Å². The lowest BCUT2D eigenvalue weighted by molar-refractivity contribution is -0.118. The second-order valence-electron chi connectivity index (χ2n) is 5.83. The molecule has 0 radical (unpaired) electrons.